The van der Waals surface area contributed by atoms with Gasteiger partial charge in [0.1, 0.15) is 11.6 Å². The van der Waals surface area contributed by atoms with Crippen LogP contribution in [0.2, 0.25) is 0 Å². The summed E-state index contributed by atoms with van der Waals surface area (Å²) in [6, 6.07) is 2.45. The Hall–Kier alpha value is -1.49. The fraction of sp³-hybridized carbons (Fsp3) is 0.222. The van der Waals surface area contributed by atoms with Crippen molar-refractivity contribution >= 4 is 5.97 Å². The maximum atomic E-state index is 12.6. The van der Waals surface area contributed by atoms with Crippen LogP contribution in [0.1, 0.15) is 18.1 Å². The lowest BCUT2D eigenvalue weighted by atomic mass is 10.1. The average molecular weight is 202 g/mol. The third-order valence-corrected chi connectivity index (χ3v) is 1.64. The Balaban J connectivity index is 2.89. The van der Waals surface area contributed by atoms with Crippen LogP contribution in [-0.4, -0.2) is 16.2 Å². The highest BCUT2D eigenvalue weighted by atomic mass is 19.1. The molecule has 1 aromatic rings. The van der Waals surface area contributed by atoms with Crippen molar-refractivity contribution in [3.05, 3.63) is 35.4 Å². The van der Waals surface area contributed by atoms with Gasteiger partial charge < -0.3 is 10.2 Å². The van der Waals surface area contributed by atoms with Gasteiger partial charge in [0.25, 0.3) is 0 Å². The summed E-state index contributed by atoms with van der Waals surface area (Å²) >= 11 is 0. The molecule has 0 heterocycles. The molecule has 0 saturated heterocycles. The highest BCUT2D eigenvalue weighted by Crippen LogP contribution is 2.18. The first-order valence-corrected chi connectivity index (χ1v) is 3.85. The number of aliphatic hydroxyl groups excluding tert-OH is 1. The second kappa shape index (κ2) is 4.15. The second-order valence-corrected chi connectivity index (χ2v) is 2.82. The van der Waals surface area contributed by atoms with Crippen molar-refractivity contribution in [2.75, 3.05) is 0 Å². The molecule has 0 spiro atoms. The molecule has 2 N–H and O–H groups in total. The van der Waals surface area contributed by atoms with E-state index in [0.717, 1.165) is 12.1 Å². The number of hydrogen-bond donors (Lipinski definition) is 2. The van der Waals surface area contributed by atoms with E-state index in [9.17, 15) is 18.7 Å². The van der Waals surface area contributed by atoms with E-state index in [-0.39, 0.29) is 5.56 Å². The Morgan fingerprint density at radius 1 is 1.29 bits per heavy atom. The number of carboxylic acid groups (broad SMARTS) is 1. The Kier molecular flexibility index (Phi) is 3.14. The summed E-state index contributed by atoms with van der Waals surface area (Å²) in [6.45, 7) is 0. The van der Waals surface area contributed by atoms with Crippen LogP contribution in [0.25, 0.3) is 0 Å². The van der Waals surface area contributed by atoms with Crippen LogP contribution in [0.4, 0.5) is 8.78 Å². The quantitative estimate of drug-likeness (QED) is 0.780. The maximum absolute atomic E-state index is 12.6. The molecule has 0 aromatic heterocycles. The number of carbonyl (C=O) groups is 1. The molecule has 0 bridgehead atoms. The molecule has 3 nitrogen and oxygen atoms in total. The van der Waals surface area contributed by atoms with Crippen LogP contribution in [0.5, 0.6) is 0 Å². The normalized spacial score (nSPS) is 12.5. The van der Waals surface area contributed by atoms with Crippen molar-refractivity contribution in [3.8, 4) is 0 Å². The molecule has 14 heavy (non-hydrogen) atoms. The van der Waals surface area contributed by atoms with Crippen LogP contribution in [-0.2, 0) is 4.79 Å². The Labute approximate surface area is 78.6 Å². The van der Waals surface area contributed by atoms with Crippen molar-refractivity contribution < 1.29 is 23.8 Å². The van der Waals surface area contributed by atoms with Gasteiger partial charge in [0.15, 0.2) is 0 Å². The highest BCUT2D eigenvalue weighted by Gasteiger charge is 2.13. The number of aliphatic carboxylic acids is 1. The van der Waals surface area contributed by atoms with Gasteiger partial charge in [-0.05, 0) is 17.7 Å². The zero-order valence-corrected chi connectivity index (χ0v) is 7.08. The lowest BCUT2D eigenvalue weighted by Crippen LogP contribution is -2.06. The second-order valence-electron chi connectivity index (χ2n) is 2.82. The van der Waals surface area contributed by atoms with Gasteiger partial charge in [-0.2, -0.15) is 0 Å². The Morgan fingerprint density at radius 2 is 1.79 bits per heavy atom. The van der Waals surface area contributed by atoms with Crippen molar-refractivity contribution in [2.45, 2.75) is 12.5 Å². The summed E-state index contributed by atoms with van der Waals surface area (Å²) in [6.07, 6.45) is -1.97. The number of aliphatic hydroxyl groups is 1. The molecule has 76 valence electrons. The van der Waals surface area contributed by atoms with E-state index in [1.54, 1.807) is 0 Å². The molecule has 0 radical (unpaired) electrons. The predicted octanol–water partition coefficient (Wildman–Crippen LogP) is 1.47. The Morgan fingerprint density at radius 3 is 2.21 bits per heavy atom. The molecule has 0 unspecified atom stereocenters. The van der Waals surface area contributed by atoms with Gasteiger partial charge in [-0.15, -0.1) is 0 Å². The molecule has 0 amide bonds. The molecule has 1 atom stereocenters. The minimum atomic E-state index is -1.39. The topological polar surface area (TPSA) is 57.5 Å². The van der Waals surface area contributed by atoms with E-state index < -0.39 is 30.1 Å². The van der Waals surface area contributed by atoms with Crippen molar-refractivity contribution in [1.82, 2.24) is 0 Å². The summed E-state index contributed by atoms with van der Waals surface area (Å²) in [7, 11) is 0. The van der Waals surface area contributed by atoms with Gasteiger partial charge in [0, 0.05) is 6.07 Å². The zero-order chi connectivity index (χ0) is 10.7. The largest absolute Gasteiger partial charge is 0.481 e. The number of carboxylic acids is 1. The lowest BCUT2D eigenvalue weighted by Gasteiger charge is -2.07. The van der Waals surface area contributed by atoms with E-state index in [0.29, 0.717) is 6.07 Å². The van der Waals surface area contributed by atoms with Gasteiger partial charge in [-0.1, -0.05) is 0 Å². The monoisotopic (exact) mass is 202 g/mol. The van der Waals surface area contributed by atoms with Gasteiger partial charge in [0.05, 0.1) is 12.5 Å². The molecule has 0 aliphatic rings. The minimum Gasteiger partial charge on any atom is -0.481 e. The molecule has 1 aromatic carbocycles. The van der Waals surface area contributed by atoms with E-state index in [1.807, 2.05) is 0 Å². The van der Waals surface area contributed by atoms with Crippen molar-refractivity contribution in [2.24, 2.45) is 0 Å². The van der Waals surface area contributed by atoms with Crippen molar-refractivity contribution in [1.29, 1.82) is 0 Å². The highest BCUT2D eigenvalue weighted by molar-refractivity contribution is 5.67. The van der Waals surface area contributed by atoms with Crippen LogP contribution in [0.15, 0.2) is 18.2 Å². The van der Waals surface area contributed by atoms with E-state index in [2.05, 4.69) is 0 Å². The predicted molar refractivity (Wildman–Crippen MR) is 43.6 cm³/mol. The third-order valence-electron chi connectivity index (χ3n) is 1.64. The molecular weight excluding hydrogens is 194 g/mol. The summed E-state index contributed by atoms with van der Waals surface area (Å²) < 4.78 is 25.3. The van der Waals surface area contributed by atoms with E-state index in [4.69, 9.17) is 5.11 Å². The van der Waals surface area contributed by atoms with Crippen LogP contribution >= 0.6 is 0 Å². The first kappa shape index (κ1) is 10.6. The number of benzene rings is 1. The Bertz CT molecular complexity index is 332. The summed E-state index contributed by atoms with van der Waals surface area (Å²) in [4.78, 5) is 10.2. The summed E-state index contributed by atoms with van der Waals surface area (Å²) in [5, 5.41) is 17.6. The zero-order valence-electron chi connectivity index (χ0n) is 7.08. The van der Waals surface area contributed by atoms with E-state index >= 15 is 0 Å². The van der Waals surface area contributed by atoms with Crippen LogP contribution in [0, 0.1) is 11.6 Å². The van der Waals surface area contributed by atoms with Gasteiger partial charge >= 0.3 is 5.97 Å². The smallest absolute Gasteiger partial charge is 0.306 e. The first-order valence-electron chi connectivity index (χ1n) is 3.85. The molecule has 0 fully saturated rings. The summed E-state index contributed by atoms with van der Waals surface area (Å²) in [5.74, 6) is -2.92. The fourth-order valence-corrected chi connectivity index (χ4v) is 1.05. The number of halogens is 2. The molecule has 0 aliphatic heterocycles. The molecular formula is C9H8F2O3. The van der Waals surface area contributed by atoms with Crippen LogP contribution < -0.4 is 0 Å². The maximum Gasteiger partial charge on any atom is 0.306 e. The number of rotatable bonds is 3. The molecule has 5 heteroatoms. The summed E-state index contributed by atoms with van der Waals surface area (Å²) in [5.41, 5.74) is -0.0788. The van der Waals surface area contributed by atoms with Gasteiger partial charge in [-0.25, -0.2) is 8.78 Å². The molecule has 0 saturated carbocycles. The first-order chi connectivity index (χ1) is 6.49. The number of hydrogen-bond acceptors (Lipinski definition) is 2. The SMILES string of the molecule is O=C(O)C[C@@H](O)c1cc(F)cc(F)c1. The van der Waals surface area contributed by atoms with Crippen LogP contribution in [0.3, 0.4) is 0 Å². The minimum absolute atomic E-state index is 0.0788. The lowest BCUT2D eigenvalue weighted by molar-refractivity contribution is -0.139. The molecule has 0 aliphatic carbocycles. The van der Waals surface area contributed by atoms with Gasteiger partial charge in [-0.3, -0.25) is 4.79 Å². The van der Waals surface area contributed by atoms with Crippen molar-refractivity contribution in [3.63, 3.8) is 0 Å². The molecule has 1 rings (SSSR count). The van der Waals surface area contributed by atoms with E-state index in [1.165, 1.54) is 0 Å². The standard InChI is InChI=1S/C9H8F2O3/c10-6-1-5(2-7(11)3-6)8(12)4-9(13)14/h1-3,8,12H,4H2,(H,13,14)/t8-/m1/s1. The fourth-order valence-electron chi connectivity index (χ4n) is 1.05. The average Bonchev–Trinajstić information content (AvgIpc) is 2.00. The third kappa shape index (κ3) is 2.77. The van der Waals surface area contributed by atoms with Gasteiger partial charge in [0.2, 0.25) is 0 Å².